The average molecular weight is 329 g/mol. The first kappa shape index (κ1) is 18.9. The van der Waals surface area contributed by atoms with Gasteiger partial charge in [0, 0.05) is 24.6 Å². The smallest absolute Gasteiger partial charge is 0.102 e. The Kier molecular flexibility index (Phi) is 8.80. The first-order chi connectivity index (χ1) is 11.8. The summed E-state index contributed by atoms with van der Waals surface area (Å²) in [4.78, 5) is 4.83. The minimum atomic E-state index is 0.436. The van der Waals surface area contributed by atoms with Gasteiger partial charge in [-0.05, 0) is 25.5 Å². The van der Waals surface area contributed by atoms with Crippen LogP contribution in [0.4, 0.5) is 5.69 Å². The van der Waals surface area contributed by atoms with Crippen molar-refractivity contribution in [2.45, 2.75) is 84.2 Å². The van der Waals surface area contributed by atoms with Crippen molar-refractivity contribution in [1.29, 1.82) is 0 Å². The normalized spacial score (nSPS) is 17.0. The topological polar surface area (TPSA) is 6.48 Å². The number of unbranched alkanes of at least 4 members (excludes halogenated alkanes) is 9. The molecule has 1 heterocycles. The van der Waals surface area contributed by atoms with Crippen LogP contribution in [-0.4, -0.2) is 17.6 Å². The molecule has 1 aromatic rings. The summed E-state index contributed by atoms with van der Waals surface area (Å²) < 4.78 is 0. The molecule has 0 saturated heterocycles. The molecule has 0 saturated carbocycles. The molecule has 1 aromatic carbocycles. The van der Waals surface area contributed by atoms with E-state index in [9.17, 15) is 0 Å². The minimum absolute atomic E-state index is 0.436. The van der Waals surface area contributed by atoms with E-state index in [4.69, 9.17) is 0 Å². The highest BCUT2D eigenvalue weighted by Gasteiger charge is 2.22. The van der Waals surface area contributed by atoms with E-state index >= 15 is 0 Å². The molecule has 134 valence electrons. The van der Waals surface area contributed by atoms with Crippen LogP contribution in [0.3, 0.4) is 0 Å². The standard InChI is InChI=1S/C22H36N2/c1-3-4-5-6-7-8-9-10-11-15-18-23-19-20-24(21(23)2)22-16-13-12-14-17-22/h12-14,16-17,19-21H,3-11,15,18H2,1-2H3. The molecule has 24 heavy (non-hydrogen) atoms. The monoisotopic (exact) mass is 328 g/mol. The summed E-state index contributed by atoms with van der Waals surface area (Å²) in [5.41, 5.74) is 1.28. The Morgan fingerprint density at radius 2 is 1.33 bits per heavy atom. The SMILES string of the molecule is CCCCCCCCCCCCN1C=CN(c2ccccc2)C1C. The van der Waals surface area contributed by atoms with Gasteiger partial charge in [-0.3, -0.25) is 0 Å². The van der Waals surface area contributed by atoms with Crippen molar-refractivity contribution in [2.24, 2.45) is 0 Å². The molecule has 2 heteroatoms. The van der Waals surface area contributed by atoms with E-state index in [0.29, 0.717) is 6.17 Å². The first-order valence-corrected chi connectivity index (χ1v) is 10.1. The van der Waals surface area contributed by atoms with Crippen LogP contribution in [0.25, 0.3) is 0 Å². The molecular formula is C22H36N2. The first-order valence-electron chi connectivity index (χ1n) is 10.1. The van der Waals surface area contributed by atoms with Crippen LogP contribution in [-0.2, 0) is 0 Å². The van der Waals surface area contributed by atoms with E-state index in [1.807, 2.05) is 0 Å². The lowest BCUT2D eigenvalue weighted by molar-refractivity contribution is 0.309. The molecule has 0 spiro atoms. The van der Waals surface area contributed by atoms with Gasteiger partial charge in [0.2, 0.25) is 0 Å². The van der Waals surface area contributed by atoms with Crippen molar-refractivity contribution in [3.63, 3.8) is 0 Å². The van der Waals surface area contributed by atoms with Gasteiger partial charge in [0.15, 0.2) is 0 Å². The van der Waals surface area contributed by atoms with Crippen molar-refractivity contribution < 1.29 is 0 Å². The lowest BCUT2D eigenvalue weighted by Crippen LogP contribution is -2.36. The van der Waals surface area contributed by atoms with Crippen molar-refractivity contribution in [1.82, 2.24) is 4.90 Å². The van der Waals surface area contributed by atoms with Gasteiger partial charge in [0.05, 0.1) is 0 Å². The number of anilines is 1. The summed E-state index contributed by atoms with van der Waals surface area (Å²) in [5.74, 6) is 0. The maximum absolute atomic E-state index is 2.47. The zero-order valence-electron chi connectivity index (χ0n) is 15.8. The van der Waals surface area contributed by atoms with Crippen molar-refractivity contribution in [3.05, 3.63) is 42.7 Å². The third kappa shape index (κ3) is 6.22. The Morgan fingerprint density at radius 3 is 1.96 bits per heavy atom. The van der Waals surface area contributed by atoms with Gasteiger partial charge in [-0.1, -0.05) is 82.9 Å². The second-order valence-corrected chi connectivity index (χ2v) is 7.09. The second-order valence-electron chi connectivity index (χ2n) is 7.09. The molecule has 1 aliphatic rings. The van der Waals surface area contributed by atoms with E-state index < -0.39 is 0 Å². The molecule has 1 atom stereocenters. The highest BCUT2D eigenvalue weighted by Crippen LogP contribution is 2.24. The van der Waals surface area contributed by atoms with Crippen LogP contribution in [0.15, 0.2) is 42.7 Å². The molecule has 1 unspecified atom stereocenters. The lowest BCUT2D eigenvalue weighted by atomic mass is 10.1. The maximum atomic E-state index is 2.47. The molecule has 1 aliphatic heterocycles. The molecule has 2 nitrogen and oxygen atoms in total. The number of hydrogen-bond acceptors (Lipinski definition) is 2. The summed E-state index contributed by atoms with van der Waals surface area (Å²) in [7, 11) is 0. The highest BCUT2D eigenvalue weighted by atomic mass is 15.4. The van der Waals surface area contributed by atoms with Gasteiger partial charge in [-0.2, -0.15) is 0 Å². The Bertz CT molecular complexity index is 454. The van der Waals surface area contributed by atoms with Crippen molar-refractivity contribution in [2.75, 3.05) is 11.4 Å². The van der Waals surface area contributed by atoms with E-state index in [-0.39, 0.29) is 0 Å². The van der Waals surface area contributed by atoms with Crippen LogP contribution in [0.2, 0.25) is 0 Å². The Hall–Kier alpha value is -1.44. The molecule has 0 bridgehead atoms. The lowest BCUT2D eigenvalue weighted by Gasteiger charge is -2.29. The summed E-state index contributed by atoms with van der Waals surface area (Å²) in [6, 6.07) is 10.7. The van der Waals surface area contributed by atoms with Gasteiger partial charge >= 0.3 is 0 Å². The zero-order valence-corrected chi connectivity index (χ0v) is 15.8. The third-order valence-corrected chi connectivity index (χ3v) is 5.13. The van der Waals surface area contributed by atoms with Gasteiger partial charge in [0.1, 0.15) is 6.17 Å². The fourth-order valence-corrected chi connectivity index (χ4v) is 3.51. The van der Waals surface area contributed by atoms with E-state index in [2.05, 4.69) is 66.4 Å². The van der Waals surface area contributed by atoms with E-state index in [1.165, 1.54) is 76.4 Å². The number of para-hydroxylation sites is 1. The highest BCUT2D eigenvalue weighted by molar-refractivity contribution is 5.51. The van der Waals surface area contributed by atoms with Gasteiger partial charge in [0.25, 0.3) is 0 Å². The van der Waals surface area contributed by atoms with Crippen molar-refractivity contribution >= 4 is 5.69 Å². The fourth-order valence-electron chi connectivity index (χ4n) is 3.51. The van der Waals surface area contributed by atoms with Gasteiger partial charge < -0.3 is 9.80 Å². The number of rotatable bonds is 12. The molecule has 0 aliphatic carbocycles. The predicted octanol–water partition coefficient (Wildman–Crippen LogP) is 6.55. The average Bonchev–Trinajstić information content (AvgIpc) is 2.98. The molecule has 0 fully saturated rings. The second kappa shape index (κ2) is 11.2. The quantitative estimate of drug-likeness (QED) is 0.402. The predicted molar refractivity (Wildman–Crippen MR) is 106 cm³/mol. The minimum Gasteiger partial charge on any atom is -0.356 e. The summed E-state index contributed by atoms with van der Waals surface area (Å²) in [6.45, 7) is 5.76. The molecule has 0 N–H and O–H groups in total. The Balaban J connectivity index is 1.52. The van der Waals surface area contributed by atoms with Crippen LogP contribution in [0.5, 0.6) is 0 Å². The van der Waals surface area contributed by atoms with Gasteiger partial charge in [-0.15, -0.1) is 0 Å². The fraction of sp³-hybridized carbons (Fsp3) is 0.636. The largest absolute Gasteiger partial charge is 0.356 e. The molecule has 2 rings (SSSR count). The number of nitrogens with zero attached hydrogens (tertiary/aromatic N) is 2. The van der Waals surface area contributed by atoms with Crippen LogP contribution >= 0.6 is 0 Å². The zero-order chi connectivity index (χ0) is 17.0. The summed E-state index contributed by atoms with van der Waals surface area (Å²) in [6.07, 6.45) is 19.0. The molecule has 0 amide bonds. The molecule has 0 aromatic heterocycles. The maximum Gasteiger partial charge on any atom is 0.102 e. The van der Waals surface area contributed by atoms with Crippen LogP contribution < -0.4 is 4.90 Å². The molecular weight excluding hydrogens is 292 g/mol. The Morgan fingerprint density at radius 1 is 0.750 bits per heavy atom. The summed E-state index contributed by atoms with van der Waals surface area (Å²) >= 11 is 0. The van der Waals surface area contributed by atoms with Crippen LogP contribution in [0.1, 0.15) is 78.1 Å². The van der Waals surface area contributed by atoms with E-state index in [1.54, 1.807) is 0 Å². The van der Waals surface area contributed by atoms with Gasteiger partial charge in [-0.25, -0.2) is 0 Å². The number of hydrogen-bond donors (Lipinski definition) is 0. The number of benzene rings is 1. The molecule has 0 radical (unpaired) electrons. The third-order valence-electron chi connectivity index (χ3n) is 5.13. The van der Waals surface area contributed by atoms with Crippen LogP contribution in [0, 0.1) is 0 Å². The Labute approximate surface area is 149 Å². The van der Waals surface area contributed by atoms with Crippen molar-refractivity contribution in [3.8, 4) is 0 Å². The van der Waals surface area contributed by atoms with E-state index in [0.717, 1.165) is 0 Å². The summed E-state index contributed by atoms with van der Waals surface area (Å²) in [5, 5.41) is 0.